The molecule has 0 saturated heterocycles. The van der Waals surface area contributed by atoms with Gasteiger partial charge in [-0.25, -0.2) is 4.90 Å². The summed E-state index contributed by atoms with van der Waals surface area (Å²) in [5.41, 5.74) is 3.42. The largest absolute Gasteiger partial charge is 0.361 e. The van der Waals surface area contributed by atoms with Crippen LogP contribution in [-0.2, 0) is 6.42 Å². The van der Waals surface area contributed by atoms with Crippen molar-refractivity contribution < 1.29 is 9.59 Å². The van der Waals surface area contributed by atoms with Gasteiger partial charge < -0.3 is 4.98 Å². The van der Waals surface area contributed by atoms with Crippen molar-refractivity contribution in [3.8, 4) is 0 Å². The predicted octanol–water partition coefficient (Wildman–Crippen LogP) is 4.29. The number of rotatable bonds is 2. The van der Waals surface area contributed by atoms with Crippen molar-refractivity contribution in [3.05, 3.63) is 63.8 Å². The van der Waals surface area contributed by atoms with Gasteiger partial charge in [-0.15, -0.1) is 0 Å². The molecule has 0 spiro atoms. The molecule has 0 bridgehead atoms. The number of halogens is 1. The molecule has 114 valence electrons. The summed E-state index contributed by atoms with van der Waals surface area (Å²) >= 11 is 3.37. The number of benzene rings is 2. The second kappa shape index (κ2) is 5.06. The minimum Gasteiger partial charge on any atom is -0.361 e. The van der Waals surface area contributed by atoms with E-state index in [-0.39, 0.29) is 11.8 Å². The molecule has 23 heavy (non-hydrogen) atoms. The number of aromatic amines is 1. The Morgan fingerprint density at radius 3 is 2.43 bits per heavy atom. The summed E-state index contributed by atoms with van der Waals surface area (Å²) in [5.74, 6) is -0.500. The lowest BCUT2D eigenvalue weighted by Gasteiger charge is -2.13. The maximum Gasteiger partial charge on any atom is 0.266 e. The minimum atomic E-state index is -0.257. The van der Waals surface area contributed by atoms with Gasteiger partial charge in [0.05, 0.1) is 16.8 Å². The van der Waals surface area contributed by atoms with E-state index >= 15 is 0 Å². The van der Waals surface area contributed by atoms with E-state index in [2.05, 4.69) is 20.9 Å². The lowest BCUT2D eigenvalue weighted by atomic mass is 9.97. The Morgan fingerprint density at radius 1 is 1.04 bits per heavy atom. The average molecular weight is 369 g/mol. The van der Waals surface area contributed by atoms with E-state index in [1.165, 1.54) is 4.90 Å². The van der Waals surface area contributed by atoms with Crippen molar-refractivity contribution in [2.24, 2.45) is 0 Å². The fraction of sp³-hybridized carbons (Fsp3) is 0.111. The van der Waals surface area contributed by atoms with Crippen molar-refractivity contribution in [1.29, 1.82) is 0 Å². The van der Waals surface area contributed by atoms with Crippen LogP contribution in [0.5, 0.6) is 0 Å². The molecular formula is C18H13BrN2O2. The van der Waals surface area contributed by atoms with Crippen molar-refractivity contribution in [2.45, 2.75) is 13.3 Å². The summed E-state index contributed by atoms with van der Waals surface area (Å²) in [6.45, 7) is 1.99. The zero-order valence-corrected chi connectivity index (χ0v) is 14.0. The normalized spacial score (nSPS) is 13.9. The molecule has 2 heterocycles. The number of imide groups is 1. The smallest absolute Gasteiger partial charge is 0.266 e. The van der Waals surface area contributed by atoms with Crippen molar-refractivity contribution in [2.75, 3.05) is 4.90 Å². The van der Waals surface area contributed by atoms with Gasteiger partial charge in [0.25, 0.3) is 11.8 Å². The number of hydrogen-bond acceptors (Lipinski definition) is 2. The topological polar surface area (TPSA) is 53.2 Å². The van der Waals surface area contributed by atoms with Gasteiger partial charge in [0.2, 0.25) is 0 Å². The number of hydrogen-bond donors (Lipinski definition) is 1. The van der Waals surface area contributed by atoms with Gasteiger partial charge in [-0.2, -0.15) is 0 Å². The zero-order valence-electron chi connectivity index (χ0n) is 12.4. The fourth-order valence-corrected chi connectivity index (χ4v) is 3.41. The molecule has 1 aliphatic heterocycles. The Morgan fingerprint density at radius 2 is 1.74 bits per heavy atom. The molecule has 4 rings (SSSR count). The number of nitrogens with one attached hydrogen (secondary N) is 1. The predicted molar refractivity (Wildman–Crippen MR) is 93.0 cm³/mol. The summed E-state index contributed by atoms with van der Waals surface area (Å²) in [7, 11) is 0. The van der Waals surface area contributed by atoms with Crippen LogP contribution in [0, 0.1) is 0 Å². The highest BCUT2D eigenvalue weighted by Gasteiger charge is 2.39. The molecule has 0 atom stereocenters. The number of H-pyrrole nitrogens is 1. The highest BCUT2D eigenvalue weighted by molar-refractivity contribution is 9.10. The molecule has 1 N–H and O–H groups in total. The molecular weight excluding hydrogens is 356 g/mol. The van der Waals surface area contributed by atoms with Gasteiger partial charge >= 0.3 is 0 Å². The summed E-state index contributed by atoms with van der Waals surface area (Å²) in [6, 6.07) is 11.0. The van der Waals surface area contributed by atoms with Crippen LogP contribution in [0.3, 0.4) is 0 Å². The molecule has 2 aromatic carbocycles. The molecule has 1 aromatic heterocycles. The summed E-state index contributed by atoms with van der Waals surface area (Å²) in [6.07, 6.45) is 2.49. The van der Waals surface area contributed by atoms with E-state index < -0.39 is 0 Å². The number of carbonyl (C=O) groups is 2. The molecule has 0 fully saturated rings. The van der Waals surface area contributed by atoms with E-state index in [9.17, 15) is 9.59 Å². The molecule has 1 aliphatic rings. The number of anilines is 1. The van der Waals surface area contributed by atoms with Gasteiger partial charge in [-0.05, 0) is 48.4 Å². The minimum absolute atomic E-state index is 0.243. The van der Waals surface area contributed by atoms with E-state index in [0.29, 0.717) is 23.2 Å². The van der Waals surface area contributed by atoms with E-state index in [0.717, 1.165) is 20.9 Å². The van der Waals surface area contributed by atoms with Crippen LogP contribution in [0.4, 0.5) is 5.69 Å². The molecule has 0 radical (unpaired) electrons. The summed E-state index contributed by atoms with van der Waals surface area (Å²) in [4.78, 5) is 30.3. The SMILES string of the molecule is CCc1cc2[nH]ccc2c2c1C(=O)N(c1ccc(Br)cc1)C2=O. The molecule has 2 amide bonds. The fourth-order valence-electron chi connectivity index (χ4n) is 3.15. The van der Waals surface area contributed by atoms with Crippen LogP contribution in [0.1, 0.15) is 33.2 Å². The highest BCUT2D eigenvalue weighted by atomic mass is 79.9. The first-order valence-corrected chi connectivity index (χ1v) is 8.18. The second-order valence-corrected chi connectivity index (χ2v) is 6.42. The third-order valence-electron chi connectivity index (χ3n) is 4.24. The highest BCUT2D eigenvalue weighted by Crippen LogP contribution is 2.36. The van der Waals surface area contributed by atoms with Crippen LogP contribution in [0.15, 0.2) is 47.1 Å². The van der Waals surface area contributed by atoms with Crippen LogP contribution >= 0.6 is 15.9 Å². The summed E-state index contributed by atoms with van der Waals surface area (Å²) in [5, 5.41) is 0.801. The molecule has 0 saturated carbocycles. The van der Waals surface area contributed by atoms with Crippen molar-refractivity contribution in [1.82, 2.24) is 4.98 Å². The van der Waals surface area contributed by atoms with Crippen LogP contribution in [-0.4, -0.2) is 16.8 Å². The molecule has 0 aliphatic carbocycles. The first kappa shape index (κ1) is 14.2. The Hall–Kier alpha value is -2.40. The number of carbonyl (C=O) groups excluding carboxylic acids is 2. The lowest BCUT2D eigenvalue weighted by Crippen LogP contribution is -2.29. The number of fused-ring (bicyclic) bond motifs is 3. The van der Waals surface area contributed by atoms with Crippen molar-refractivity contribution in [3.63, 3.8) is 0 Å². The first-order chi connectivity index (χ1) is 11.1. The maximum atomic E-state index is 13.0. The van der Waals surface area contributed by atoms with Crippen LogP contribution in [0.2, 0.25) is 0 Å². The average Bonchev–Trinajstić information content (AvgIpc) is 3.11. The van der Waals surface area contributed by atoms with E-state index in [4.69, 9.17) is 0 Å². The monoisotopic (exact) mass is 368 g/mol. The number of amides is 2. The van der Waals surface area contributed by atoms with Gasteiger partial charge in [-0.3, -0.25) is 9.59 Å². The van der Waals surface area contributed by atoms with Gasteiger partial charge in [-0.1, -0.05) is 22.9 Å². The Kier molecular flexibility index (Phi) is 3.13. The third kappa shape index (κ3) is 1.96. The molecule has 5 heteroatoms. The second-order valence-electron chi connectivity index (χ2n) is 5.50. The van der Waals surface area contributed by atoms with Gasteiger partial charge in [0, 0.05) is 21.6 Å². The number of aromatic nitrogens is 1. The Bertz CT molecular complexity index is 957. The number of aryl methyl sites for hydroxylation is 1. The van der Waals surface area contributed by atoms with Crippen molar-refractivity contribution >= 4 is 44.3 Å². The Balaban J connectivity index is 1.96. The third-order valence-corrected chi connectivity index (χ3v) is 4.77. The van der Waals surface area contributed by atoms with Crippen LogP contribution in [0.25, 0.3) is 10.9 Å². The van der Waals surface area contributed by atoms with Crippen LogP contribution < -0.4 is 4.90 Å². The lowest BCUT2D eigenvalue weighted by molar-refractivity contribution is 0.0926. The summed E-state index contributed by atoms with van der Waals surface area (Å²) < 4.78 is 0.903. The standard InChI is InChI=1S/C18H13BrN2O2/c1-2-10-9-14-13(7-8-20-14)16-15(10)17(22)21(18(16)23)12-5-3-11(19)4-6-12/h3-9,20H,2H2,1H3. The zero-order chi connectivity index (χ0) is 16.1. The van der Waals surface area contributed by atoms with Gasteiger partial charge in [0.1, 0.15) is 0 Å². The first-order valence-electron chi connectivity index (χ1n) is 7.39. The molecule has 3 aromatic rings. The van der Waals surface area contributed by atoms with E-state index in [1.807, 2.05) is 31.2 Å². The molecule has 4 nitrogen and oxygen atoms in total. The number of nitrogens with zero attached hydrogens (tertiary/aromatic N) is 1. The van der Waals surface area contributed by atoms with E-state index in [1.54, 1.807) is 18.3 Å². The maximum absolute atomic E-state index is 13.0. The molecule has 0 unspecified atom stereocenters. The Labute approximate surface area is 141 Å². The quantitative estimate of drug-likeness (QED) is 0.685. The van der Waals surface area contributed by atoms with Gasteiger partial charge in [0.15, 0.2) is 0 Å².